The van der Waals surface area contributed by atoms with Crippen molar-refractivity contribution in [3.8, 4) is 35.3 Å². The van der Waals surface area contributed by atoms with E-state index in [1.165, 1.54) is 6.42 Å². The van der Waals surface area contributed by atoms with E-state index >= 15 is 0 Å². The van der Waals surface area contributed by atoms with Crippen molar-refractivity contribution >= 4 is 98.8 Å². The van der Waals surface area contributed by atoms with Gasteiger partial charge in [0.1, 0.15) is 53.0 Å². The molecule has 9 aromatic heterocycles. The van der Waals surface area contributed by atoms with Crippen LogP contribution in [0.5, 0.6) is 0 Å². The normalized spacial score (nSPS) is 13.6. The minimum Gasteiger partial charge on any atom is -0.395 e. The molecule has 2 aliphatic rings. The SMILES string of the molecule is C.C.Cl.Clc1nc(Cl)c2cccn2n1.N#Cc1cccc(-n2cnc(N)c2)c1.N#Cc1cccc(-n2cnc(Nc3nc(Cl)nn4cccc34)c2)c1.N#Cc1cccc(-n2cnc(Nc3nc(N4CCC[C@H]4CO)nn4cccc34)c2)c1.OC[C@@H]1CCCN1. The summed E-state index contributed by atoms with van der Waals surface area (Å²) in [7, 11) is 0. The molecule has 2 aliphatic heterocycles. The summed E-state index contributed by atoms with van der Waals surface area (Å²) in [6.07, 6.45) is 20.1. The molecule has 456 valence electrons. The summed E-state index contributed by atoms with van der Waals surface area (Å²) >= 11 is 17.2. The minimum atomic E-state index is 0. The van der Waals surface area contributed by atoms with E-state index in [9.17, 15) is 5.11 Å². The average molecular weight is 1280 g/mol. The van der Waals surface area contributed by atoms with Gasteiger partial charge in [0.2, 0.25) is 16.5 Å². The summed E-state index contributed by atoms with van der Waals surface area (Å²) < 4.78 is 10.5. The van der Waals surface area contributed by atoms with Gasteiger partial charge in [0.25, 0.3) is 0 Å². The van der Waals surface area contributed by atoms with E-state index in [0.717, 1.165) is 66.0 Å². The van der Waals surface area contributed by atoms with Crippen molar-refractivity contribution in [2.45, 2.75) is 52.6 Å². The highest BCUT2D eigenvalue weighted by Gasteiger charge is 2.27. The van der Waals surface area contributed by atoms with Gasteiger partial charge >= 0.3 is 0 Å². The van der Waals surface area contributed by atoms with Gasteiger partial charge < -0.3 is 50.5 Å². The number of nitrogens with two attached hydrogens (primary N) is 1. The molecule has 0 aliphatic carbocycles. The molecular weight excluding hydrogens is 1220 g/mol. The topological polar surface area (TPSA) is 321 Å². The van der Waals surface area contributed by atoms with Crippen molar-refractivity contribution in [3.05, 3.63) is 198 Å². The minimum absolute atomic E-state index is 0. The zero-order chi connectivity index (χ0) is 59.9. The van der Waals surface area contributed by atoms with E-state index < -0.39 is 0 Å². The highest BCUT2D eigenvalue weighted by molar-refractivity contribution is 6.34. The highest BCUT2D eigenvalue weighted by Crippen LogP contribution is 2.28. The number of halogens is 4. The summed E-state index contributed by atoms with van der Waals surface area (Å²) in [6.45, 7) is 2.30. The van der Waals surface area contributed by atoms with Crippen molar-refractivity contribution in [2.75, 3.05) is 47.6 Å². The summed E-state index contributed by atoms with van der Waals surface area (Å²) in [5, 5.41) is 67.8. The Balaban J connectivity index is 0.000000170. The van der Waals surface area contributed by atoms with Gasteiger partial charge in [-0.3, -0.25) is 0 Å². The number of anilines is 6. The van der Waals surface area contributed by atoms with Gasteiger partial charge in [-0.15, -0.1) is 27.7 Å². The fraction of sp³-hybridized carbons (Fsp3) is 0.200. The molecule has 3 aromatic carbocycles. The Morgan fingerprint density at radius 3 is 1.53 bits per heavy atom. The van der Waals surface area contributed by atoms with E-state index in [1.807, 2.05) is 107 Å². The Labute approximate surface area is 532 Å². The van der Waals surface area contributed by atoms with E-state index in [0.29, 0.717) is 69.5 Å². The second kappa shape index (κ2) is 31.5. The monoisotopic (exact) mass is 1280 g/mol. The average Bonchev–Trinajstić information content (AvgIpc) is 2.23. The first kappa shape index (κ1) is 66.4. The van der Waals surface area contributed by atoms with Gasteiger partial charge in [0.05, 0.1) is 72.7 Å². The van der Waals surface area contributed by atoms with Crippen LogP contribution in [0.1, 0.15) is 57.2 Å². The number of hydrogen-bond donors (Lipinski definition) is 6. The zero-order valence-electron chi connectivity index (χ0n) is 45.9. The lowest BCUT2D eigenvalue weighted by Crippen LogP contribution is -2.34. The van der Waals surface area contributed by atoms with Crippen LogP contribution in [-0.4, -0.2) is 121 Å². The summed E-state index contributed by atoms with van der Waals surface area (Å²) in [5.74, 6) is 3.49. The molecule has 0 spiro atoms. The van der Waals surface area contributed by atoms with E-state index in [4.69, 9.17) is 66.4 Å². The molecule has 0 unspecified atom stereocenters. The maximum absolute atomic E-state index is 9.67. The maximum Gasteiger partial charge on any atom is 0.245 e. The van der Waals surface area contributed by atoms with Crippen LogP contribution < -0.4 is 26.6 Å². The van der Waals surface area contributed by atoms with Crippen LogP contribution >= 0.6 is 47.2 Å². The Kier molecular flexibility index (Phi) is 23.5. The number of fused-ring (bicyclic) bond motifs is 3. The third-order valence-electron chi connectivity index (χ3n) is 13.4. The molecule has 0 saturated carbocycles. The molecule has 2 atom stereocenters. The lowest BCUT2D eigenvalue weighted by atomic mass is 10.2. The third-order valence-corrected chi connectivity index (χ3v) is 14.0. The van der Waals surface area contributed by atoms with E-state index in [1.54, 1.807) is 86.0 Å². The fourth-order valence-electron chi connectivity index (χ4n) is 9.20. The van der Waals surface area contributed by atoms with Crippen LogP contribution in [0.4, 0.5) is 35.0 Å². The highest BCUT2D eigenvalue weighted by atomic mass is 35.5. The van der Waals surface area contributed by atoms with Crippen molar-refractivity contribution in [2.24, 2.45) is 0 Å². The fourth-order valence-corrected chi connectivity index (χ4v) is 9.80. The molecule has 89 heavy (non-hydrogen) atoms. The van der Waals surface area contributed by atoms with E-state index in [-0.39, 0.29) is 50.5 Å². The first-order valence-electron chi connectivity index (χ1n) is 26.7. The molecule has 2 saturated heterocycles. The quantitative estimate of drug-likeness (QED) is 0.0741. The standard InChI is InChI=1S/C21H20N8O.C16H10ClN7.C10H8N4.C6H3Cl2N3.C5H11NO.2CH4.ClH/c22-11-15-4-1-5-16(10-15)27-12-19(23-14-27)24-20-18-7-3-9-29(18)26-21(25-20)28-8-2-6-17(28)13-30;17-16-21-15(13-5-2-6-24(13)22-16)20-14-9-23(10-19-14)12-4-1-3-11(7-12)8-18;11-5-8-2-1-3-9(4-8)14-6-10(12)13-7-14;7-5-4-2-1-3-11(4)10-6(8)9-5;7-4-5-2-1-3-6-5;;;/h1,3-5,7,9-10,12,14,17,30H,2,6,8,13H2,(H,24,25,26);1-7,9-10H,(H,20,21,22);1-4,6-7H,12H2;1-3H;5-7H,1-4H2;2*1H4;1H/t17-;;;;5-;;;/m0...0.../s1. The number of aliphatic hydroxyl groups excluding tert-OH is 2. The first-order valence-corrected chi connectivity index (χ1v) is 27.8. The van der Waals surface area contributed by atoms with E-state index in [2.05, 4.69) is 79.3 Å². The molecule has 7 N–H and O–H groups in total. The maximum atomic E-state index is 9.67. The van der Waals surface area contributed by atoms with Crippen molar-refractivity contribution < 1.29 is 10.2 Å². The summed E-state index contributed by atoms with van der Waals surface area (Å²) in [4.78, 5) is 27.4. The molecule has 29 heteroatoms. The number of aliphatic hydroxyl groups is 2. The number of nitrogen functional groups attached to an aromatic ring is 1. The van der Waals surface area contributed by atoms with Crippen LogP contribution in [0.3, 0.4) is 0 Å². The zero-order valence-corrected chi connectivity index (χ0v) is 49.0. The number of rotatable bonds is 10. The molecule has 25 nitrogen and oxygen atoms in total. The van der Waals surface area contributed by atoms with Crippen LogP contribution in [0.15, 0.2) is 165 Å². The Morgan fingerprint density at radius 2 is 1.06 bits per heavy atom. The van der Waals surface area contributed by atoms with Gasteiger partial charge in [-0.2, -0.15) is 25.8 Å². The molecule has 0 amide bonds. The number of nitrogens with zero attached hydrogens (tertiary/aromatic N) is 19. The van der Waals surface area contributed by atoms with Gasteiger partial charge in [-0.05, 0) is 146 Å². The number of hydrogen-bond acceptors (Lipinski definition) is 19. The molecule has 11 heterocycles. The Hall–Kier alpha value is -10.1. The molecular formula is C60H61Cl4N23O2. The van der Waals surface area contributed by atoms with Gasteiger partial charge in [0.15, 0.2) is 16.8 Å². The molecule has 0 radical (unpaired) electrons. The predicted molar refractivity (Wildman–Crippen MR) is 346 cm³/mol. The number of nitriles is 3. The summed E-state index contributed by atoms with van der Waals surface area (Å²) in [5.41, 5.74) is 12.3. The molecule has 0 bridgehead atoms. The van der Waals surface area contributed by atoms with Crippen LogP contribution in [-0.2, 0) is 0 Å². The smallest absolute Gasteiger partial charge is 0.245 e. The van der Waals surface area contributed by atoms with Crippen LogP contribution in [0.25, 0.3) is 33.6 Å². The number of imidazole rings is 3. The number of benzene rings is 3. The van der Waals surface area contributed by atoms with Crippen LogP contribution in [0.2, 0.25) is 15.7 Å². The lowest BCUT2D eigenvalue weighted by Gasteiger charge is -2.23. The van der Waals surface area contributed by atoms with Gasteiger partial charge in [-0.25, -0.2) is 33.5 Å². The first-order chi connectivity index (χ1) is 42.0. The van der Waals surface area contributed by atoms with Crippen LogP contribution in [0, 0.1) is 34.0 Å². The van der Waals surface area contributed by atoms with Crippen molar-refractivity contribution in [1.29, 1.82) is 15.8 Å². The van der Waals surface area contributed by atoms with Crippen molar-refractivity contribution in [3.63, 3.8) is 0 Å². The second-order valence-electron chi connectivity index (χ2n) is 19.1. The number of nitrogens with one attached hydrogen (secondary N) is 3. The predicted octanol–water partition coefficient (Wildman–Crippen LogP) is 10.5. The van der Waals surface area contributed by atoms with Gasteiger partial charge in [-0.1, -0.05) is 44.7 Å². The lowest BCUT2D eigenvalue weighted by molar-refractivity contribution is 0.255. The Bertz CT molecular complexity index is 4390. The largest absolute Gasteiger partial charge is 0.395 e. The van der Waals surface area contributed by atoms with Crippen molar-refractivity contribution in [1.82, 2.24) is 77.8 Å². The summed E-state index contributed by atoms with van der Waals surface area (Å²) in [6, 6.07) is 39.9. The Morgan fingerprint density at radius 1 is 0.573 bits per heavy atom. The van der Waals surface area contributed by atoms with Gasteiger partial charge in [0, 0.05) is 48.2 Å². The molecule has 12 aromatic rings. The molecule has 2 fully saturated rings. The third kappa shape index (κ3) is 16.7. The number of aromatic nitrogens is 15. The molecule has 14 rings (SSSR count). The second-order valence-corrected chi connectivity index (χ2v) is 20.1.